The van der Waals surface area contributed by atoms with Crippen molar-refractivity contribution in [3.8, 4) is 0 Å². The van der Waals surface area contributed by atoms with Crippen LogP contribution >= 0.6 is 0 Å². The first-order chi connectivity index (χ1) is 12.6. The molecule has 1 saturated heterocycles. The fourth-order valence-electron chi connectivity index (χ4n) is 3.27. The molecule has 2 rings (SSSR count). The number of carbonyl (C=O) groups excluding carboxylic acids is 1. The third-order valence-corrected chi connectivity index (χ3v) is 9.06. The largest absolute Gasteiger partial charge is 0.369 e. The van der Waals surface area contributed by atoms with E-state index in [1.165, 1.54) is 32.9 Å². The van der Waals surface area contributed by atoms with Crippen LogP contribution in [0.4, 0.5) is 0 Å². The van der Waals surface area contributed by atoms with Crippen LogP contribution in [0.1, 0.15) is 33.6 Å². The Morgan fingerprint density at radius 1 is 1.07 bits per heavy atom. The van der Waals surface area contributed by atoms with Gasteiger partial charge in [-0.05, 0) is 44.0 Å². The van der Waals surface area contributed by atoms with Gasteiger partial charge in [0.25, 0.3) is 0 Å². The average Bonchev–Trinajstić information content (AvgIpc) is 2.62. The van der Waals surface area contributed by atoms with E-state index >= 15 is 0 Å². The van der Waals surface area contributed by atoms with E-state index in [-0.39, 0.29) is 22.4 Å². The number of benzene rings is 1. The standard InChI is InChI=1S/C17H27N3O5S2/c1-4-19(5-2)26(22,23)15-8-10-16(11-9-15)27(24,25)20-12-14(17(18)21)7-6-13(20)3/h8-11,13-14H,4-7,12H2,1-3H3,(H2,18,21)/t13-,14-/m0/s1. The molecule has 1 aliphatic rings. The third-order valence-electron chi connectivity index (χ3n) is 5.00. The molecule has 0 aliphatic carbocycles. The molecular weight excluding hydrogens is 390 g/mol. The fourth-order valence-corrected chi connectivity index (χ4v) is 6.44. The summed E-state index contributed by atoms with van der Waals surface area (Å²) in [5.74, 6) is -1.03. The van der Waals surface area contributed by atoms with Gasteiger partial charge in [0, 0.05) is 25.7 Å². The highest BCUT2D eigenvalue weighted by atomic mass is 32.2. The molecule has 1 aromatic carbocycles. The van der Waals surface area contributed by atoms with Gasteiger partial charge in [0.15, 0.2) is 0 Å². The van der Waals surface area contributed by atoms with Crippen LogP contribution in [0.3, 0.4) is 0 Å². The quantitative estimate of drug-likeness (QED) is 0.710. The second-order valence-corrected chi connectivity index (χ2v) is 10.5. The summed E-state index contributed by atoms with van der Waals surface area (Å²) in [5, 5.41) is 0. The van der Waals surface area contributed by atoms with E-state index in [2.05, 4.69) is 0 Å². The Balaban J connectivity index is 2.33. The summed E-state index contributed by atoms with van der Waals surface area (Å²) in [4.78, 5) is 11.5. The predicted molar refractivity (Wildman–Crippen MR) is 102 cm³/mol. The lowest BCUT2D eigenvalue weighted by atomic mass is 9.95. The molecule has 2 N–H and O–H groups in total. The van der Waals surface area contributed by atoms with Crippen LogP contribution < -0.4 is 5.73 Å². The van der Waals surface area contributed by atoms with Gasteiger partial charge >= 0.3 is 0 Å². The minimum atomic E-state index is -3.85. The van der Waals surface area contributed by atoms with E-state index in [1.807, 2.05) is 0 Å². The Bertz CT molecular complexity index is 878. The first-order valence-electron chi connectivity index (χ1n) is 8.97. The molecular formula is C17H27N3O5S2. The first kappa shape index (κ1) is 21.8. The molecule has 0 bridgehead atoms. The van der Waals surface area contributed by atoms with Crippen LogP contribution in [-0.4, -0.2) is 57.0 Å². The molecule has 1 fully saturated rings. The summed E-state index contributed by atoms with van der Waals surface area (Å²) >= 11 is 0. The number of sulfonamides is 2. The molecule has 10 heteroatoms. The minimum absolute atomic E-state index is 0.00188. The SMILES string of the molecule is CCN(CC)S(=O)(=O)c1ccc(S(=O)(=O)N2C[C@@H](C(N)=O)CC[C@@H]2C)cc1. The molecule has 1 aliphatic heterocycles. The summed E-state index contributed by atoms with van der Waals surface area (Å²) < 4.78 is 53.6. The number of nitrogens with zero attached hydrogens (tertiary/aromatic N) is 2. The highest BCUT2D eigenvalue weighted by Gasteiger charge is 2.37. The number of hydrogen-bond donors (Lipinski definition) is 1. The molecule has 27 heavy (non-hydrogen) atoms. The molecule has 0 saturated carbocycles. The lowest BCUT2D eigenvalue weighted by molar-refractivity contribution is -0.123. The monoisotopic (exact) mass is 417 g/mol. The van der Waals surface area contributed by atoms with Crippen molar-refractivity contribution in [3.05, 3.63) is 24.3 Å². The highest BCUT2D eigenvalue weighted by molar-refractivity contribution is 7.89. The summed E-state index contributed by atoms with van der Waals surface area (Å²) in [6.07, 6.45) is 1.10. The Labute approximate surface area is 161 Å². The Kier molecular flexibility index (Phi) is 6.67. The molecule has 1 amide bonds. The van der Waals surface area contributed by atoms with Gasteiger partial charge < -0.3 is 5.73 Å². The van der Waals surface area contributed by atoms with Crippen molar-refractivity contribution < 1.29 is 21.6 Å². The summed E-state index contributed by atoms with van der Waals surface area (Å²) in [6, 6.07) is 4.95. The van der Waals surface area contributed by atoms with Crippen molar-refractivity contribution in [3.63, 3.8) is 0 Å². The molecule has 2 atom stereocenters. The number of rotatable bonds is 7. The first-order valence-corrected chi connectivity index (χ1v) is 11.8. The van der Waals surface area contributed by atoms with Crippen LogP contribution in [0, 0.1) is 5.92 Å². The molecule has 152 valence electrons. The Hall–Kier alpha value is -1.49. The highest BCUT2D eigenvalue weighted by Crippen LogP contribution is 2.29. The normalized spacial score (nSPS) is 22.1. The number of hydrogen-bond acceptors (Lipinski definition) is 5. The summed E-state index contributed by atoms with van der Waals surface area (Å²) in [6.45, 7) is 5.98. The molecule has 0 aromatic heterocycles. The number of primary amides is 1. The predicted octanol–water partition coefficient (Wildman–Crippen LogP) is 0.992. The van der Waals surface area contributed by atoms with Crippen LogP contribution in [0.25, 0.3) is 0 Å². The van der Waals surface area contributed by atoms with E-state index < -0.39 is 31.9 Å². The van der Waals surface area contributed by atoms with Gasteiger partial charge in [0.2, 0.25) is 26.0 Å². The fraction of sp³-hybridized carbons (Fsp3) is 0.588. The smallest absolute Gasteiger partial charge is 0.243 e. The van der Waals surface area contributed by atoms with Gasteiger partial charge in [0.05, 0.1) is 15.7 Å². The van der Waals surface area contributed by atoms with Crippen LogP contribution in [0.5, 0.6) is 0 Å². The second kappa shape index (κ2) is 8.26. The topological polar surface area (TPSA) is 118 Å². The van der Waals surface area contributed by atoms with Crippen molar-refractivity contribution in [2.45, 2.75) is 49.4 Å². The van der Waals surface area contributed by atoms with E-state index in [9.17, 15) is 21.6 Å². The number of nitrogens with two attached hydrogens (primary N) is 1. The van der Waals surface area contributed by atoms with Gasteiger partial charge in [-0.25, -0.2) is 16.8 Å². The third kappa shape index (κ3) is 4.34. The van der Waals surface area contributed by atoms with Crippen LogP contribution in [-0.2, 0) is 24.8 Å². The number of carbonyl (C=O) groups is 1. The zero-order chi connectivity index (χ0) is 20.4. The van der Waals surface area contributed by atoms with Gasteiger partial charge in [-0.2, -0.15) is 8.61 Å². The number of amides is 1. The van der Waals surface area contributed by atoms with Crippen molar-refractivity contribution >= 4 is 26.0 Å². The molecule has 1 heterocycles. The van der Waals surface area contributed by atoms with Gasteiger partial charge in [0.1, 0.15) is 0 Å². The summed E-state index contributed by atoms with van der Waals surface area (Å²) in [5.41, 5.74) is 5.35. The molecule has 0 spiro atoms. The van der Waals surface area contributed by atoms with E-state index in [0.29, 0.717) is 25.9 Å². The van der Waals surface area contributed by atoms with Crippen molar-refractivity contribution in [1.82, 2.24) is 8.61 Å². The van der Waals surface area contributed by atoms with Crippen molar-refractivity contribution in [1.29, 1.82) is 0 Å². The lowest BCUT2D eigenvalue weighted by Crippen LogP contribution is -2.48. The zero-order valence-corrected chi connectivity index (χ0v) is 17.5. The van der Waals surface area contributed by atoms with E-state index in [1.54, 1.807) is 20.8 Å². The van der Waals surface area contributed by atoms with E-state index in [0.717, 1.165) is 0 Å². The van der Waals surface area contributed by atoms with Gasteiger partial charge in [-0.1, -0.05) is 13.8 Å². The zero-order valence-electron chi connectivity index (χ0n) is 15.8. The molecule has 0 unspecified atom stereocenters. The van der Waals surface area contributed by atoms with Crippen molar-refractivity contribution in [2.24, 2.45) is 11.7 Å². The van der Waals surface area contributed by atoms with Gasteiger partial charge in [-0.15, -0.1) is 0 Å². The maximum absolute atomic E-state index is 13.0. The molecule has 8 nitrogen and oxygen atoms in total. The second-order valence-electron chi connectivity index (χ2n) is 6.66. The molecule has 0 radical (unpaired) electrons. The van der Waals surface area contributed by atoms with E-state index in [4.69, 9.17) is 5.73 Å². The maximum atomic E-state index is 13.0. The number of piperidine rings is 1. The van der Waals surface area contributed by atoms with Crippen LogP contribution in [0.15, 0.2) is 34.1 Å². The Morgan fingerprint density at radius 2 is 1.59 bits per heavy atom. The maximum Gasteiger partial charge on any atom is 0.243 e. The molecule has 1 aromatic rings. The van der Waals surface area contributed by atoms with Gasteiger partial charge in [-0.3, -0.25) is 4.79 Å². The Morgan fingerprint density at radius 3 is 2.07 bits per heavy atom. The average molecular weight is 418 g/mol. The van der Waals surface area contributed by atoms with Crippen molar-refractivity contribution in [2.75, 3.05) is 19.6 Å². The minimum Gasteiger partial charge on any atom is -0.369 e. The van der Waals surface area contributed by atoms with Crippen LogP contribution in [0.2, 0.25) is 0 Å². The lowest BCUT2D eigenvalue weighted by Gasteiger charge is -2.35. The summed E-state index contributed by atoms with van der Waals surface area (Å²) in [7, 11) is -7.51.